The Hall–Kier alpha value is -3.09. The normalized spacial score (nSPS) is 16.7. The van der Waals surface area contributed by atoms with Gasteiger partial charge in [-0.2, -0.15) is 4.98 Å². The molecule has 0 fully saturated rings. The lowest BCUT2D eigenvalue weighted by atomic mass is 10.1. The average molecular weight is 285 g/mol. The fourth-order valence-corrected chi connectivity index (χ4v) is 2.02. The van der Waals surface area contributed by atoms with Crippen molar-refractivity contribution in [1.29, 1.82) is 0 Å². The molecule has 0 aromatic carbocycles. The van der Waals surface area contributed by atoms with Gasteiger partial charge in [0, 0.05) is 6.07 Å². The van der Waals surface area contributed by atoms with Crippen LogP contribution in [0.15, 0.2) is 44.9 Å². The highest BCUT2D eigenvalue weighted by Gasteiger charge is 2.14. The minimum Gasteiger partial charge on any atom is -0.504 e. The second-order valence-corrected chi connectivity index (χ2v) is 4.59. The number of hydrogen-bond acceptors (Lipinski definition) is 6. The Morgan fingerprint density at radius 2 is 2.14 bits per heavy atom. The van der Waals surface area contributed by atoms with E-state index >= 15 is 0 Å². The zero-order chi connectivity index (χ0) is 15.1. The molecule has 3 rings (SSSR count). The van der Waals surface area contributed by atoms with Gasteiger partial charge in [0.05, 0.1) is 5.56 Å². The predicted molar refractivity (Wildman–Crippen MR) is 75.7 cm³/mol. The summed E-state index contributed by atoms with van der Waals surface area (Å²) in [6.45, 7) is 1.72. The number of nitrogens with zero attached hydrogens (tertiary/aromatic N) is 2. The lowest BCUT2D eigenvalue weighted by Gasteiger charge is -2.05. The van der Waals surface area contributed by atoms with E-state index in [0.29, 0.717) is 17.0 Å². The predicted octanol–water partition coefficient (Wildman–Crippen LogP) is 1.14. The monoisotopic (exact) mass is 285 g/mol. The first-order chi connectivity index (χ1) is 9.95. The lowest BCUT2D eigenvalue weighted by molar-refractivity contribution is -0.113. The van der Waals surface area contributed by atoms with Crippen LogP contribution in [-0.2, 0) is 4.79 Å². The van der Waals surface area contributed by atoms with Gasteiger partial charge >= 0.3 is 0 Å². The molecule has 7 nitrogen and oxygen atoms in total. The molecule has 0 spiro atoms. The number of ketones is 1. The molecule has 1 aliphatic rings. The van der Waals surface area contributed by atoms with Crippen LogP contribution in [0.1, 0.15) is 11.3 Å². The third kappa shape index (κ3) is 2.14. The van der Waals surface area contributed by atoms with Crippen molar-refractivity contribution in [3.8, 4) is 0 Å². The molecule has 2 aromatic rings. The highest BCUT2D eigenvalue weighted by Crippen LogP contribution is 2.18. The zero-order valence-corrected chi connectivity index (χ0v) is 11.0. The van der Waals surface area contributed by atoms with Gasteiger partial charge in [0.15, 0.2) is 17.2 Å². The second-order valence-electron chi connectivity index (χ2n) is 4.59. The maximum absolute atomic E-state index is 12.0. The van der Waals surface area contributed by atoms with Crippen molar-refractivity contribution in [2.24, 2.45) is 0 Å². The molecule has 7 heteroatoms. The number of aliphatic hydroxyl groups excluding tert-OH is 1. The molecule has 0 saturated carbocycles. The van der Waals surface area contributed by atoms with Gasteiger partial charge in [-0.05, 0) is 30.7 Å². The Morgan fingerprint density at radius 3 is 2.86 bits per heavy atom. The second kappa shape index (κ2) is 4.48. The number of aliphatic hydroxyl groups is 1. The van der Waals surface area contributed by atoms with Crippen molar-refractivity contribution in [2.75, 3.05) is 5.73 Å². The first kappa shape index (κ1) is 12.9. The van der Waals surface area contributed by atoms with Crippen LogP contribution >= 0.6 is 0 Å². The summed E-state index contributed by atoms with van der Waals surface area (Å²) in [7, 11) is 0. The van der Waals surface area contributed by atoms with Crippen LogP contribution in [-0.4, -0.2) is 20.4 Å². The molecule has 0 saturated heterocycles. The minimum absolute atomic E-state index is 0.101. The third-order valence-electron chi connectivity index (χ3n) is 3.01. The summed E-state index contributed by atoms with van der Waals surface area (Å²) in [5, 5.41) is 9.41. The fourth-order valence-electron chi connectivity index (χ4n) is 2.02. The van der Waals surface area contributed by atoms with Crippen molar-refractivity contribution < 1.29 is 14.4 Å². The largest absolute Gasteiger partial charge is 0.504 e. The Balaban J connectivity index is 2.20. The summed E-state index contributed by atoms with van der Waals surface area (Å²) in [5.41, 5.74) is 6.32. The lowest BCUT2D eigenvalue weighted by Crippen LogP contribution is -2.16. The number of nitrogen functional groups attached to an aromatic ring is 1. The summed E-state index contributed by atoms with van der Waals surface area (Å²) in [6, 6.07) is 1.60. The number of fused-ring (bicyclic) bond motifs is 1. The summed E-state index contributed by atoms with van der Waals surface area (Å²) >= 11 is 0. The topological polar surface area (TPSA) is 111 Å². The number of rotatable bonds is 1. The van der Waals surface area contributed by atoms with E-state index in [9.17, 15) is 14.7 Å². The highest BCUT2D eigenvalue weighted by atomic mass is 16.5. The molecular weight excluding hydrogens is 274 g/mol. The molecular formula is C14H11N3O4. The van der Waals surface area contributed by atoms with Gasteiger partial charge in [-0.3, -0.25) is 9.59 Å². The molecule has 0 bridgehead atoms. The van der Waals surface area contributed by atoms with E-state index in [2.05, 4.69) is 4.98 Å². The van der Waals surface area contributed by atoms with Crippen molar-refractivity contribution >= 4 is 23.3 Å². The quantitative estimate of drug-likeness (QED) is 0.812. The third-order valence-corrected chi connectivity index (χ3v) is 3.01. The Labute approximate surface area is 118 Å². The van der Waals surface area contributed by atoms with Crippen LogP contribution in [0.3, 0.4) is 0 Å². The number of hydrogen-bond donors (Lipinski definition) is 2. The number of anilines is 1. The van der Waals surface area contributed by atoms with Gasteiger partial charge in [0.2, 0.25) is 5.78 Å². The van der Waals surface area contributed by atoms with Crippen LogP contribution in [0, 0.1) is 6.92 Å². The van der Waals surface area contributed by atoms with E-state index in [0.717, 1.165) is 0 Å². The molecule has 0 radical (unpaired) electrons. The van der Waals surface area contributed by atoms with Crippen LogP contribution in [0.5, 0.6) is 0 Å². The van der Waals surface area contributed by atoms with Crippen LogP contribution in [0.25, 0.3) is 11.7 Å². The number of aryl methyl sites for hydroxylation is 1. The van der Waals surface area contributed by atoms with Crippen LogP contribution < -0.4 is 11.3 Å². The molecule has 0 amide bonds. The first-order valence-corrected chi connectivity index (χ1v) is 6.09. The van der Waals surface area contributed by atoms with Crippen LogP contribution in [0.2, 0.25) is 0 Å². The van der Waals surface area contributed by atoms with E-state index in [4.69, 9.17) is 10.3 Å². The van der Waals surface area contributed by atoms with Gasteiger partial charge in [-0.15, -0.1) is 4.57 Å². The number of aromatic nitrogens is 2. The standard InChI is InChI=1S/C14H11N3O4/c1-7-4-12-16-14(20)9(13(15)17(12)21-7)5-8-2-3-10(18)11(19)6-8/h2-6,19H,15H2,1H3/b8-5+. The van der Waals surface area contributed by atoms with Gasteiger partial charge in [-0.1, -0.05) is 6.08 Å². The maximum Gasteiger partial charge on any atom is 0.282 e. The smallest absolute Gasteiger partial charge is 0.282 e. The summed E-state index contributed by atoms with van der Waals surface area (Å²) in [5.74, 6) is -0.222. The minimum atomic E-state index is -0.515. The van der Waals surface area contributed by atoms with Crippen molar-refractivity contribution in [2.45, 2.75) is 6.92 Å². The van der Waals surface area contributed by atoms with E-state index in [1.807, 2.05) is 0 Å². The molecule has 0 atom stereocenters. The Morgan fingerprint density at radius 1 is 1.38 bits per heavy atom. The molecule has 3 N–H and O–H groups in total. The highest BCUT2D eigenvalue weighted by molar-refractivity contribution is 6.04. The van der Waals surface area contributed by atoms with Crippen molar-refractivity contribution in [3.63, 3.8) is 0 Å². The number of allylic oxidation sites excluding steroid dienone is 4. The van der Waals surface area contributed by atoms with E-state index in [-0.39, 0.29) is 11.4 Å². The summed E-state index contributed by atoms with van der Waals surface area (Å²) < 4.78 is 6.60. The summed E-state index contributed by atoms with van der Waals surface area (Å²) in [6.07, 6.45) is 5.37. The van der Waals surface area contributed by atoms with Gasteiger partial charge < -0.3 is 15.4 Å². The summed E-state index contributed by atoms with van der Waals surface area (Å²) in [4.78, 5) is 27.0. The van der Waals surface area contributed by atoms with Gasteiger partial charge in [-0.25, -0.2) is 0 Å². The Kier molecular flexibility index (Phi) is 2.76. The van der Waals surface area contributed by atoms with E-state index in [1.54, 1.807) is 13.0 Å². The molecule has 0 unspecified atom stereocenters. The first-order valence-electron chi connectivity index (χ1n) is 6.09. The molecule has 106 valence electrons. The molecule has 0 aliphatic heterocycles. The SMILES string of the molecule is Cc1cc2nc(=O)c(/C=C3\C=CC(=O)C(O)=C3)c(N)n2o1. The average Bonchev–Trinajstić information content (AvgIpc) is 2.79. The van der Waals surface area contributed by atoms with Crippen molar-refractivity contribution in [1.82, 2.24) is 9.56 Å². The number of nitrogens with two attached hydrogens (primary N) is 1. The zero-order valence-electron chi connectivity index (χ0n) is 11.0. The van der Waals surface area contributed by atoms with Crippen molar-refractivity contribution in [3.05, 3.63) is 57.3 Å². The maximum atomic E-state index is 12.0. The molecule has 1 aliphatic carbocycles. The number of carbonyl (C=O) groups is 1. The molecule has 2 aromatic heterocycles. The van der Waals surface area contributed by atoms with Gasteiger partial charge in [0.25, 0.3) is 5.56 Å². The molecule has 21 heavy (non-hydrogen) atoms. The Bertz CT molecular complexity index is 912. The van der Waals surface area contributed by atoms with Gasteiger partial charge in [0.1, 0.15) is 5.76 Å². The fraction of sp³-hybridized carbons (Fsp3) is 0.0714. The van der Waals surface area contributed by atoms with E-state index < -0.39 is 17.1 Å². The molecule has 2 heterocycles. The number of carbonyl (C=O) groups excluding carboxylic acids is 1. The van der Waals surface area contributed by atoms with Crippen LogP contribution in [0.4, 0.5) is 5.82 Å². The van der Waals surface area contributed by atoms with E-state index in [1.165, 1.54) is 28.9 Å².